The van der Waals surface area contributed by atoms with Gasteiger partial charge in [0.25, 0.3) is 5.91 Å². The van der Waals surface area contributed by atoms with Gasteiger partial charge in [-0.2, -0.15) is 10.1 Å². The van der Waals surface area contributed by atoms with Crippen molar-refractivity contribution in [2.45, 2.75) is 6.92 Å². The van der Waals surface area contributed by atoms with E-state index in [2.05, 4.69) is 25.5 Å². The van der Waals surface area contributed by atoms with Gasteiger partial charge in [0, 0.05) is 49.2 Å². The topological polar surface area (TPSA) is 94.5 Å². The molecule has 0 radical (unpaired) electrons. The molecular formula is C21H20Cl2N8O. The molecule has 0 aliphatic carbocycles. The smallest absolute Gasteiger partial charge is 0.255 e. The van der Waals surface area contributed by atoms with Crippen LogP contribution in [0.5, 0.6) is 0 Å². The summed E-state index contributed by atoms with van der Waals surface area (Å²) >= 11 is 12.3. The Kier molecular flexibility index (Phi) is 5.36. The molecule has 0 unspecified atom stereocenters. The predicted molar refractivity (Wildman–Crippen MR) is 124 cm³/mol. The molecule has 0 bridgehead atoms. The van der Waals surface area contributed by atoms with Crippen molar-refractivity contribution in [3.63, 3.8) is 0 Å². The number of piperazine rings is 1. The molecule has 2 N–H and O–H groups in total. The molecule has 5 rings (SSSR count). The van der Waals surface area contributed by atoms with Gasteiger partial charge in [-0.3, -0.25) is 9.89 Å². The third-order valence-electron chi connectivity index (χ3n) is 5.34. The predicted octanol–water partition coefficient (Wildman–Crippen LogP) is 3.77. The fraction of sp³-hybridized carbons (Fsp3) is 0.238. The summed E-state index contributed by atoms with van der Waals surface area (Å²) in [7, 11) is 0. The van der Waals surface area contributed by atoms with Crippen LogP contribution in [-0.2, 0) is 0 Å². The number of nitrogens with one attached hydrogen (secondary N) is 2. The van der Waals surface area contributed by atoms with Crippen LogP contribution >= 0.6 is 23.2 Å². The lowest BCUT2D eigenvalue weighted by molar-refractivity contribution is 0.0746. The molecule has 1 fully saturated rings. The molecule has 9 nitrogen and oxygen atoms in total. The number of amides is 1. The molecule has 1 saturated heterocycles. The summed E-state index contributed by atoms with van der Waals surface area (Å²) in [5.41, 5.74) is 2.21. The number of carbonyl (C=O) groups excluding carboxylic acids is 1. The van der Waals surface area contributed by atoms with Crippen molar-refractivity contribution in [3.05, 3.63) is 63.9 Å². The SMILES string of the molecule is Cc1cc(Nc2nc(N3CCN(C(=O)c4cc(Cl)ccc4Cl)CC3)nn3cccc23)n[nH]1. The summed E-state index contributed by atoms with van der Waals surface area (Å²) in [6.07, 6.45) is 1.88. The van der Waals surface area contributed by atoms with E-state index >= 15 is 0 Å². The normalized spacial score (nSPS) is 14.2. The largest absolute Gasteiger partial charge is 0.336 e. The number of aromatic amines is 1. The number of benzene rings is 1. The molecule has 4 heterocycles. The molecule has 0 saturated carbocycles. The lowest BCUT2D eigenvalue weighted by atomic mass is 10.2. The summed E-state index contributed by atoms with van der Waals surface area (Å²) in [5, 5.41) is 15.9. The Morgan fingerprint density at radius 1 is 1.12 bits per heavy atom. The zero-order chi connectivity index (χ0) is 22.2. The van der Waals surface area contributed by atoms with E-state index in [1.165, 1.54) is 0 Å². The number of hydrogen-bond donors (Lipinski definition) is 2. The second kappa shape index (κ2) is 8.33. The quantitative estimate of drug-likeness (QED) is 0.471. The minimum Gasteiger partial charge on any atom is -0.336 e. The average Bonchev–Trinajstić information content (AvgIpc) is 3.44. The Morgan fingerprint density at radius 2 is 1.94 bits per heavy atom. The number of H-pyrrole nitrogens is 1. The van der Waals surface area contributed by atoms with Crippen molar-refractivity contribution >= 4 is 52.2 Å². The molecule has 0 atom stereocenters. The maximum atomic E-state index is 12.9. The molecule has 1 amide bonds. The van der Waals surface area contributed by atoms with E-state index in [-0.39, 0.29) is 5.91 Å². The highest BCUT2D eigenvalue weighted by Gasteiger charge is 2.26. The number of halogens is 2. The van der Waals surface area contributed by atoms with Crippen LogP contribution in [0.4, 0.5) is 17.6 Å². The van der Waals surface area contributed by atoms with Crippen LogP contribution in [0.3, 0.4) is 0 Å². The van der Waals surface area contributed by atoms with Gasteiger partial charge in [0.1, 0.15) is 5.52 Å². The van der Waals surface area contributed by atoms with E-state index in [0.29, 0.717) is 59.4 Å². The summed E-state index contributed by atoms with van der Waals surface area (Å²) in [6.45, 7) is 4.18. The Morgan fingerprint density at radius 3 is 2.69 bits per heavy atom. The van der Waals surface area contributed by atoms with E-state index in [9.17, 15) is 4.79 Å². The fourth-order valence-corrected chi connectivity index (χ4v) is 4.06. The van der Waals surface area contributed by atoms with Crippen LogP contribution in [0, 0.1) is 6.92 Å². The van der Waals surface area contributed by atoms with Crippen LogP contribution < -0.4 is 10.2 Å². The van der Waals surface area contributed by atoms with E-state index in [1.807, 2.05) is 31.3 Å². The van der Waals surface area contributed by atoms with Crippen LogP contribution in [0.15, 0.2) is 42.6 Å². The molecule has 4 aromatic rings. The van der Waals surface area contributed by atoms with E-state index in [1.54, 1.807) is 27.6 Å². The number of anilines is 3. The summed E-state index contributed by atoms with van der Waals surface area (Å²) in [5.74, 6) is 1.80. The molecule has 1 aliphatic rings. The molecule has 11 heteroatoms. The van der Waals surface area contributed by atoms with Gasteiger partial charge in [-0.1, -0.05) is 23.2 Å². The van der Waals surface area contributed by atoms with Crippen molar-refractivity contribution in [2.75, 3.05) is 36.4 Å². The van der Waals surface area contributed by atoms with Gasteiger partial charge in [-0.05, 0) is 37.3 Å². The first-order valence-corrected chi connectivity index (χ1v) is 10.9. The molecular weight excluding hydrogens is 451 g/mol. The number of nitrogens with zero attached hydrogens (tertiary/aromatic N) is 6. The first-order chi connectivity index (χ1) is 15.5. The Hall–Kier alpha value is -3.30. The molecule has 0 spiro atoms. The Labute approximate surface area is 193 Å². The van der Waals surface area contributed by atoms with Crippen molar-refractivity contribution in [3.8, 4) is 0 Å². The molecule has 1 aromatic carbocycles. The van der Waals surface area contributed by atoms with Gasteiger partial charge in [-0.25, -0.2) is 4.52 Å². The fourth-order valence-electron chi connectivity index (χ4n) is 3.69. The van der Waals surface area contributed by atoms with E-state index in [4.69, 9.17) is 28.2 Å². The van der Waals surface area contributed by atoms with E-state index < -0.39 is 0 Å². The van der Waals surface area contributed by atoms with Crippen molar-refractivity contribution in [1.82, 2.24) is 29.7 Å². The third-order valence-corrected chi connectivity index (χ3v) is 5.91. The number of rotatable bonds is 4. The van der Waals surface area contributed by atoms with Crippen LogP contribution in [0.25, 0.3) is 5.52 Å². The highest BCUT2D eigenvalue weighted by Crippen LogP contribution is 2.25. The van der Waals surface area contributed by atoms with Crippen molar-refractivity contribution < 1.29 is 4.79 Å². The van der Waals surface area contributed by atoms with E-state index in [0.717, 1.165) is 11.2 Å². The number of aryl methyl sites for hydroxylation is 1. The maximum absolute atomic E-state index is 12.9. The zero-order valence-electron chi connectivity index (χ0n) is 17.2. The number of aromatic nitrogens is 5. The minimum absolute atomic E-state index is 0.129. The van der Waals surface area contributed by atoms with Crippen LogP contribution in [0.1, 0.15) is 16.1 Å². The molecule has 164 valence electrons. The highest BCUT2D eigenvalue weighted by molar-refractivity contribution is 6.35. The van der Waals surface area contributed by atoms with Gasteiger partial charge in [-0.15, -0.1) is 5.10 Å². The van der Waals surface area contributed by atoms with Crippen LogP contribution in [0.2, 0.25) is 10.0 Å². The average molecular weight is 471 g/mol. The van der Waals surface area contributed by atoms with Crippen LogP contribution in [-0.4, -0.2) is 61.8 Å². The second-order valence-electron chi connectivity index (χ2n) is 7.56. The Balaban J connectivity index is 1.34. The molecule has 3 aromatic heterocycles. The van der Waals surface area contributed by atoms with Gasteiger partial charge in [0.05, 0.1) is 10.6 Å². The van der Waals surface area contributed by atoms with Gasteiger partial charge < -0.3 is 15.1 Å². The number of hydrogen-bond acceptors (Lipinski definition) is 6. The Bertz CT molecular complexity index is 1290. The highest BCUT2D eigenvalue weighted by atomic mass is 35.5. The standard InChI is InChI=1S/C21H20Cl2N8O/c1-13-11-18(27-26-13)24-19-17-3-2-6-31(17)28-21(25-19)30-9-7-29(8-10-30)20(32)15-12-14(22)4-5-16(15)23/h2-6,11-12H,7-10H2,1H3,(H2,24,25,26,27,28). The summed E-state index contributed by atoms with van der Waals surface area (Å²) in [4.78, 5) is 21.5. The number of fused-ring (bicyclic) bond motifs is 1. The van der Waals surface area contributed by atoms with Gasteiger partial charge >= 0.3 is 0 Å². The third kappa shape index (κ3) is 3.96. The summed E-state index contributed by atoms with van der Waals surface area (Å²) in [6, 6.07) is 10.7. The van der Waals surface area contributed by atoms with Crippen molar-refractivity contribution in [2.24, 2.45) is 0 Å². The van der Waals surface area contributed by atoms with Gasteiger partial charge in [0.15, 0.2) is 11.6 Å². The number of carbonyl (C=O) groups is 1. The monoisotopic (exact) mass is 470 g/mol. The molecule has 32 heavy (non-hydrogen) atoms. The van der Waals surface area contributed by atoms with Crippen molar-refractivity contribution in [1.29, 1.82) is 0 Å². The summed E-state index contributed by atoms with van der Waals surface area (Å²) < 4.78 is 1.79. The second-order valence-corrected chi connectivity index (χ2v) is 8.41. The zero-order valence-corrected chi connectivity index (χ0v) is 18.7. The minimum atomic E-state index is -0.129. The lowest BCUT2D eigenvalue weighted by Gasteiger charge is -2.35. The first-order valence-electron chi connectivity index (χ1n) is 10.1. The lowest BCUT2D eigenvalue weighted by Crippen LogP contribution is -2.49. The first kappa shape index (κ1) is 20.6. The molecule has 1 aliphatic heterocycles. The van der Waals surface area contributed by atoms with Gasteiger partial charge in [0.2, 0.25) is 5.95 Å². The maximum Gasteiger partial charge on any atom is 0.255 e.